The molecule has 1 aromatic carbocycles. The number of carboxylic acids is 1. The fourth-order valence-corrected chi connectivity index (χ4v) is 3.91. The van der Waals surface area contributed by atoms with Crippen LogP contribution < -0.4 is 5.73 Å². The summed E-state index contributed by atoms with van der Waals surface area (Å²) in [5, 5.41) is 18.1. The predicted octanol–water partition coefficient (Wildman–Crippen LogP) is 0.112. The van der Waals surface area contributed by atoms with Crippen molar-refractivity contribution < 1.29 is 23.4 Å². The lowest BCUT2D eigenvalue weighted by atomic mass is 10.2. The smallest absolute Gasteiger partial charge is 0.337 e. The van der Waals surface area contributed by atoms with Gasteiger partial charge in [0.1, 0.15) is 0 Å². The van der Waals surface area contributed by atoms with Gasteiger partial charge in [-0.1, -0.05) is 0 Å². The molecule has 2 rings (SSSR count). The second kappa shape index (κ2) is 5.39. The molecule has 1 aliphatic rings. The number of carbonyl (C=O) groups is 1. The highest BCUT2D eigenvalue weighted by Crippen LogP contribution is 2.33. The molecule has 0 aliphatic heterocycles. The standard InChI is InChI=1S/C12H16N2O5S/c13-8-1-4-10(12(16)17)11(7-8)20(18,19)14(5-6-15)9-2-3-9/h1,4,7,9,15H,2-3,5-6,13H2,(H,16,17). The van der Waals surface area contributed by atoms with Crippen molar-refractivity contribution in [2.45, 2.75) is 23.8 Å². The molecule has 8 heteroatoms. The number of benzene rings is 1. The summed E-state index contributed by atoms with van der Waals surface area (Å²) in [6.07, 6.45) is 1.42. The van der Waals surface area contributed by atoms with Crippen molar-refractivity contribution in [3.8, 4) is 0 Å². The normalized spacial score (nSPS) is 15.5. The molecule has 0 heterocycles. The van der Waals surface area contributed by atoms with E-state index in [4.69, 9.17) is 15.9 Å². The first-order valence-corrected chi connectivity index (χ1v) is 7.57. The molecule has 0 bridgehead atoms. The summed E-state index contributed by atoms with van der Waals surface area (Å²) in [5.74, 6) is -1.33. The highest BCUT2D eigenvalue weighted by Gasteiger charge is 2.39. The third-order valence-corrected chi connectivity index (χ3v) is 5.09. The second-order valence-electron chi connectivity index (χ2n) is 4.63. The van der Waals surface area contributed by atoms with E-state index in [1.54, 1.807) is 0 Å². The predicted molar refractivity (Wildman–Crippen MR) is 71.8 cm³/mol. The molecule has 1 saturated carbocycles. The Kier molecular flexibility index (Phi) is 3.98. The van der Waals surface area contributed by atoms with Gasteiger partial charge in [-0.25, -0.2) is 13.2 Å². The third kappa shape index (κ3) is 2.77. The summed E-state index contributed by atoms with van der Waals surface area (Å²) >= 11 is 0. The van der Waals surface area contributed by atoms with Crippen LogP contribution in [0.1, 0.15) is 23.2 Å². The maximum absolute atomic E-state index is 12.6. The maximum Gasteiger partial charge on any atom is 0.337 e. The molecule has 1 aromatic rings. The lowest BCUT2D eigenvalue weighted by Gasteiger charge is -2.22. The second-order valence-corrected chi connectivity index (χ2v) is 6.49. The van der Waals surface area contributed by atoms with Crippen LogP contribution in [0.3, 0.4) is 0 Å². The van der Waals surface area contributed by atoms with Gasteiger partial charge in [-0.2, -0.15) is 4.31 Å². The number of aliphatic hydroxyl groups excluding tert-OH is 1. The van der Waals surface area contributed by atoms with Crippen molar-refractivity contribution in [1.82, 2.24) is 4.31 Å². The monoisotopic (exact) mass is 300 g/mol. The van der Waals surface area contributed by atoms with Crippen molar-refractivity contribution >= 4 is 21.7 Å². The summed E-state index contributed by atoms with van der Waals surface area (Å²) in [4.78, 5) is 10.8. The van der Waals surface area contributed by atoms with E-state index in [0.29, 0.717) is 12.8 Å². The van der Waals surface area contributed by atoms with Gasteiger partial charge in [0.2, 0.25) is 10.0 Å². The number of rotatable bonds is 6. The van der Waals surface area contributed by atoms with Gasteiger partial charge in [0.05, 0.1) is 17.1 Å². The van der Waals surface area contributed by atoms with Crippen LogP contribution in [0.4, 0.5) is 5.69 Å². The molecule has 0 amide bonds. The highest BCUT2D eigenvalue weighted by atomic mass is 32.2. The van der Waals surface area contributed by atoms with Crippen LogP contribution in [0.15, 0.2) is 23.1 Å². The average Bonchev–Trinajstić information content (AvgIpc) is 3.19. The number of anilines is 1. The van der Waals surface area contributed by atoms with Crippen LogP contribution >= 0.6 is 0 Å². The van der Waals surface area contributed by atoms with Gasteiger partial charge in [0.15, 0.2) is 0 Å². The molecule has 0 spiro atoms. The lowest BCUT2D eigenvalue weighted by Crippen LogP contribution is -2.36. The van der Waals surface area contributed by atoms with Crippen molar-refractivity contribution in [3.63, 3.8) is 0 Å². The van der Waals surface area contributed by atoms with Gasteiger partial charge in [-0.05, 0) is 31.0 Å². The molecule has 1 aliphatic carbocycles. The molecule has 0 unspecified atom stereocenters. The molecular formula is C12H16N2O5S. The van der Waals surface area contributed by atoms with Crippen molar-refractivity contribution in [1.29, 1.82) is 0 Å². The Morgan fingerprint density at radius 1 is 1.40 bits per heavy atom. The summed E-state index contributed by atoms with van der Waals surface area (Å²) < 4.78 is 26.3. The lowest BCUT2D eigenvalue weighted by molar-refractivity contribution is 0.0692. The Balaban J connectivity index is 2.52. The van der Waals surface area contributed by atoms with Crippen LogP contribution in [0, 0.1) is 0 Å². The number of sulfonamides is 1. The zero-order chi connectivity index (χ0) is 14.9. The number of nitrogens with two attached hydrogens (primary N) is 1. The number of hydrogen-bond donors (Lipinski definition) is 3. The number of carboxylic acid groups (broad SMARTS) is 1. The summed E-state index contributed by atoms with van der Waals surface area (Å²) in [6.45, 7) is -0.374. The zero-order valence-corrected chi connectivity index (χ0v) is 11.5. The minimum atomic E-state index is -3.99. The molecule has 4 N–H and O–H groups in total. The van der Waals surface area contributed by atoms with Crippen molar-refractivity contribution in [2.24, 2.45) is 0 Å². The van der Waals surface area contributed by atoms with Crippen LogP contribution in [-0.4, -0.2) is 48.1 Å². The Labute approximate surface area is 116 Å². The minimum absolute atomic E-state index is 0.0547. The number of aromatic carboxylic acids is 1. The molecule has 0 atom stereocenters. The van der Waals surface area contributed by atoms with E-state index >= 15 is 0 Å². The Morgan fingerprint density at radius 2 is 2.05 bits per heavy atom. The number of nitrogen functional groups attached to an aromatic ring is 1. The van der Waals surface area contributed by atoms with E-state index in [1.807, 2.05) is 0 Å². The van der Waals surface area contributed by atoms with Gasteiger partial charge in [0, 0.05) is 18.3 Å². The molecule has 0 radical (unpaired) electrons. The molecule has 7 nitrogen and oxygen atoms in total. The van der Waals surface area contributed by atoms with E-state index in [-0.39, 0.29) is 35.3 Å². The van der Waals surface area contributed by atoms with Crippen molar-refractivity contribution in [3.05, 3.63) is 23.8 Å². The van der Waals surface area contributed by atoms with Gasteiger partial charge in [-0.15, -0.1) is 0 Å². The van der Waals surface area contributed by atoms with Crippen LogP contribution in [0.5, 0.6) is 0 Å². The van der Waals surface area contributed by atoms with E-state index in [2.05, 4.69) is 0 Å². The first-order chi connectivity index (χ1) is 9.37. The SMILES string of the molecule is Nc1ccc(C(=O)O)c(S(=O)(=O)N(CCO)C2CC2)c1. The molecule has 1 fully saturated rings. The molecule has 110 valence electrons. The molecular weight excluding hydrogens is 284 g/mol. The fraction of sp³-hybridized carbons (Fsp3) is 0.417. The van der Waals surface area contributed by atoms with E-state index in [9.17, 15) is 13.2 Å². The van der Waals surface area contributed by atoms with Gasteiger partial charge in [-0.3, -0.25) is 0 Å². The van der Waals surface area contributed by atoms with Crippen molar-refractivity contribution in [2.75, 3.05) is 18.9 Å². The first kappa shape index (κ1) is 14.8. The Bertz CT molecular complexity index is 625. The quantitative estimate of drug-likeness (QED) is 0.641. The average molecular weight is 300 g/mol. The van der Waals surface area contributed by atoms with Crippen LogP contribution in [0.2, 0.25) is 0 Å². The maximum atomic E-state index is 12.6. The van der Waals surface area contributed by atoms with Gasteiger partial charge < -0.3 is 15.9 Å². The number of aliphatic hydroxyl groups is 1. The number of hydrogen-bond acceptors (Lipinski definition) is 5. The van der Waals surface area contributed by atoms with Gasteiger partial charge >= 0.3 is 5.97 Å². The van der Waals surface area contributed by atoms with E-state index < -0.39 is 16.0 Å². The first-order valence-electron chi connectivity index (χ1n) is 6.13. The summed E-state index contributed by atoms with van der Waals surface area (Å²) in [6, 6.07) is 3.49. The Morgan fingerprint density at radius 3 is 2.55 bits per heavy atom. The van der Waals surface area contributed by atoms with Crippen LogP contribution in [0.25, 0.3) is 0 Å². The van der Waals surface area contributed by atoms with E-state index in [0.717, 1.165) is 10.4 Å². The molecule has 0 aromatic heterocycles. The summed E-state index contributed by atoms with van der Waals surface area (Å²) in [7, 11) is -3.99. The zero-order valence-electron chi connectivity index (χ0n) is 10.7. The topological polar surface area (TPSA) is 121 Å². The molecule has 20 heavy (non-hydrogen) atoms. The minimum Gasteiger partial charge on any atom is -0.478 e. The third-order valence-electron chi connectivity index (χ3n) is 3.10. The fourth-order valence-electron chi connectivity index (χ4n) is 2.02. The number of nitrogens with zero attached hydrogens (tertiary/aromatic N) is 1. The van der Waals surface area contributed by atoms with E-state index in [1.165, 1.54) is 12.1 Å². The van der Waals surface area contributed by atoms with Gasteiger partial charge in [0.25, 0.3) is 0 Å². The molecule has 0 saturated heterocycles. The summed E-state index contributed by atoms with van der Waals surface area (Å²) in [5.41, 5.74) is 5.42. The van der Waals surface area contributed by atoms with Crippen LogP contribution in [-0.2, 0) is 10.0 Å². The largest absolute Gasteiger partial charge is 0.478 e. The highest BCUT2D eigenvalue weighted by molar-refractivity contribution is 7.89. The Hall–Kier alpha value is -1.64.